The van der Waals surface area contributed by atoms with Crippen molar-refractivity contribution in [3.05, 3.63) is 29.1 Å². The van der Waals surface area contributed by atoms with Gasteiger partial charge in [0.25, 0.3) is 0 Å². The van der Waals surface area contributed by atoms with Crippen molar-refractivity contribution < 1.29 is 13.2 Å². The van der Waals surface area contributed by atoms with E-state index in [1.807, 2.05) is 26.8 Å². The van der Waals surface area contributed by atoms with Crippen molar-refractivity contribution in [3.63, 3.8) is 0 Å². The molecular weight excluding hydrogens is 376 g/mol. The molecule has 2 aromatic rings. The van der Waals surface area contributed by atoms with E-state index in [9.17, 15) is 13.2 Å². The third-order valence-corrected chi connectivity index (χ3v) is 7.32. The molecule has 1 saturated heterocycles. The van der Waals surface area contributed by atoms with Crippen molar-refractivity contribution in [2.45, 2.75) is 58.9 Å². The number of hydrogen-bond donors (Lipinski definition) is 2. The van der Waals surface area contributed by atoms with Gasteiger partial charge >= 0.3 is 0 Å². The van der Waals surface area contributed by atoms with Crippen LogP contribution >= 0.6 is 0 Å². The summed E-state index contributed by atoms with van der Waals surface area (Å²) in [4.78, 5) is 20.0. The average Bonchev–Trinajstić information content (AvgIpc) is 3.03. The number of nitrogens with zero attached hydrogens (tertiary/aromatic N) is 2. The molecule has 7 nitrogen and oxygen atoms in total. The van der Waals surface area contributed by atoms with Gasteiger partial charge in [0.2, 0.25) is 15.9 Å². The fourth-order valence-corrected chi connectivity index (χ4v) is 5.54. The summed E-state index contributed by atoms with van der Waals surface area (Å²) < 4.78 is 26.5. The minimum atomic E-state index is -3.32. The van der Waals surface area contributed by atoms with Gasteiger partial charge in [0, 0.05) is 32.0 Å². The molecule has 2 N–H and O–H groups in total. The Morgan fingerprint density at radius 1 is 1.32 bits per heavy atom. The van der Waals surface area contributed by atoms with Gasteiger partial charge in [0.05, 0.1) is 16.8 Å². The number of H-pyrrole nitrogens is 1. The van der Waals surface area contributed by atoms with Crippen LogP contribution in [0.5, 0.6) is 0 Å². The third kappa shape index (κ3) is 4.91. The fraction of sp³-hybridized carbons (Fsp3) is 0.600. The van der Waals surface area contributed by atoms with Gasteiger partial charge in [-0.3, -0.25) is 4.79 Å². The summed E-state index contributed by atoms with van der Waals surface area (Å²) in [7, 11) is -3.32. The Bertz CT molecular complexity index is 952. The smallest absolute Gasteiger partial charge is 0.220 e. The summed E-state index contributed by atoms with van der Waals surface area (Å²) in [5.74, 6) is 0.565. The number of hydrogen-bond acceptors (Lipinski definition) is 4. The van der Waals surface area contributed by atoms with Gasteiger partial charge < -0.3 is 10.3 Å². The van der Waals surface area contributed by atoms with Gasteiger partial charge in [0.1, 0.15) is 5.82 Å². The van der Waals surface area contributed by atoms with Crippen LogP contribution < -0.4 is 5.32 Å². The summed E-state index contributed by atoms with van der Waals surface area (Å²) in [6.45, 7) is 6.74. The normalized spacial score (nSPS) is 18.5. The van der Waals surface area contributed by atoms with Crippen LogP contribution in [0.4, 0.5) is 0 Å². The fourth-order valence-electron chi connectivity index (χ4n) is 3.88. The quantitative estimate of drug-likeness (QED) is 0.738. The van der Waals surface area contributed by atoms with Crippen molar-refractivity contribution in [3.8, 4) is 0 Å². The SMILES string of the molecule is Cc1cc(C)c2nc(CCC(=O)NCCS(=O)(=O)N3CCCC[C@H]3C)[nH]c2c1. The molecule has 3 rings (SSSR count). The Kier molecular flexibility index (Phi) is 6.40. The summed E-state index contributed by atoms with van der Waals surface area (Å²) in [6, 6.07) is 4.18. The summed E-state index contributed by atoms with van der Waals surface area (Å²) in [6.07, 6.45) is 3.66. The van der Waals surface area contributed by atoms with Gasteiger partial charge in [-0.05, 0) is 50.8 Å². The second kappa shape index (κ2) is 8.61. The molecule has 2 heterocycles. The van der Waals surface area contributed by atoms with Crippen molar-refractivity contribution in [1.29, 1.82) is 0 Å². The standard InChI is InChI=1S/C20H30N4O3S/c1-14-12-15(2)20-17(13-14)22-18(23-20)7-8-19(25)21-9-11-28(26,27)24-10-5-4-6-16(24)3/h12-13,16H,4-11H2,1-3H3,(H,21,25)(H,22,23)/t16-/m1/s1. The number of imidazole rings is 1. The minimum absolute atomic E-state index is 0.0494. The summed E-state index contributed by atoms with van der Waals surface area (Å²) in [5.41, 5.74) is 4.19. The predicted molar refractivity (Wildman–Crippen MR) is 111 cm³/mol. The highest BCUT2D eigenvalue weighted by atomic mass is 32.2. The van der Waals surface area contributed by atoms with E-state index in [1.165, 1.54) is 5.56 Å². The molecule has 0 spiro atoms. The molecule has 1 atom stereocenters. The summed E-state index contributed by atoms with van der Waals surface area (Å²) >= 11 is 0. The lowest BCUT2D eigenvalue weighted by atomic mass is 10.1. The lowest BCUT2D eigenvalue weighted by Gasteiger charge is -2.32. The first kappa shape index (κ1) is 20.8. The van der Waals surface area contributed by atoms with Gasteiger partial charge in [0.15, 0.2) is 0 Å². The number of aryl methyl sites for hydroxylation is 3. The van der Waals surface area contributed by atoms with Gasteiger partial charge in [-0.25, -0.2) is 13.4 Å². The van der Waals surface area contributed by atoms with E-state index < -0.39 is 10.0 Å². The third-order valence-electron chi connectivity index (χ3n) is 5.34. The number of nitrogens with one attached hydrogen (secondary N) is 2. The van der Waals surface area contributed by atoms with Crippen LogP contribution in [0, 0.1) is 13.8 Å². The van der Waals surface area contributed by atoms with Crippen LogP contribution in [0.15, 0.2) is 12.1 Å². The zero-order valence-electron chi connectivity index (χ0n) is 16.9. The Morgan fingerprint density at radius 3 is 2.86 bits per heavy atom. The van der Waals surface area contributed by atoms with Gasteiger partial charge in [-0.2, -0.15) is 4.31 Å². The largest absolute Gasteiger partial charge is 0.355 e. The maximum Gasteiger partial charge on any atom is 0.220 e. The second-order valence-corrected chi connectivity index (χ2v) is 9.82. The molecular formula is C20H30N4O3S. The van der Waals surface area contributed by atoms with Crippen molar-refractivity contribution >= 4 is 27.0 Å². The highest BCUT2D eigenvalue weighted by molar-refractivity contribution is 7.89. The van der Waals surface area contributed by atoms with Gasteiger partial charge in [-0.15, -0.1) is 0 Å². The topological polar surface area (TPSA) is 95.2 Å². The lowest BCUT2D eigenvalue weighted by molar-refractivity contribution is -0.120. The number of aromatic amines is 1. The molecule has 28 heavy (non-hydrogen) atoms. The van der Waals surface area contributed by atoms with E-state index in [2.05, 4.69) is 21.4 Å². The zero-order chi connectivity index (χ0) is 20.3. The second-order valence-electron chi connectivity index (χ2n) is 7.78. The maximum atomic E-state index is 12.5. The number of carbonyl (C=O) groups excluding carboxylic acids is 1. The van der Waals surface area contributed by atoms with Crippen LogP contribution in [0.1, 0.15) is 49.6 Å². The van der Waals surface area contributed by atoms with Crippen LogP contribution in [0.2, 0.25) is 0 Å². The van der Waals surface area contributed by atoms with E-state index in [1.54, 1.807) is 4.31 Å². The van der Waals surface area contributed by atoms with Crippen molar-refractivity contribution in [2.24, 2.45) is 0 Å². The number of rotatable bonds is 7. The number of aromatic nitrogens is 2. The van der Waals surface area contributed by atoms with Crippen LogP contribution in [-0.2, 0) is 21.2 Å². The molecule has 0 radical (unpaired) electrons. The molecule has 154 valence electrons. The molecule has 0 aliphatic carbocycles. The molecule has 0 saturated carbocycles. The minimum Gasteiger partial charge on any atom is -0.355 e. The molecule has 1 fully saturated rings. The first-order valence-corrected chi connectivity index (χ1v) is 11.6. The van der Waals surface area contributed by atoms with Crippen LogP contribution in [-0.4, -0.2) is 53.5 Å². The predicted octanol–water partition coefficient (Wildman–Crippen LogP) is 2.43. The Balaban J connectivity index is 1.48. The highest BCUT2D eigenvalue weighted by Gasteiger charge is 2.29. The summed E-state index contributed by atoms with van der Waals surface area (Å²) in [5, 5.41) is 2.73. The molecule has 1 aromatic heterocycles. The first-order valence-electron chi connectivity index (χ1n) is 9.98. The molecule has 1 aliphatic heterocycles. The first-order chi connectivity index (χ1) is 13.3. The number of sulfonamides is 1. The van der Waals surface area contributed by atoms with Crippen LogP contribution in [0.3, 0.4) is 0 Å². The van der Waals surface area contributed by atoms with E-state index >= 15 is 0 Å². The Hall–Kier alpha value is -1.93. The Labute approximate surface area is 167 Å². The lowest BCUT2D eigenvalue weighted by Crippen LogP contribution is -2.45. The number of fused-ring (bicyclic) bond motifs is 1. The molecule has 1 amide bonds. The number of carbonyl (C=O) groups is 1. The number of piperidine rings is 1. The molecule has 8 heteroatoms. The van der Waals surface area contributed by atoms with E-state index in [4.69, 9.17) is 0 Å². The van der Waals surface area contributed by atoms with E-state index in [0.717, 1.165) is 41.7 Å². The highest BCUT2D eigenvalue weighted by Crippen LogP contribution is 2.20. The average molecular weight is 407 g/mol. The molecule has 1 aliphatic rings. The Morgan fingerprint density at radius 2 is 2.11 bits per heavy atom. The van der Waals surface area contributed by atoms with Crippen molar-refractivity contribution in [1.82, 2.24) is 19.6 Å². The van der Waals surface area contributed by atoms with Crippen molar-refractivity contribution in [2.75, 3.05) is 18.8 Å². The van der Waals surface area contributed by atoms with Gasteiger partial charge in [-0.1, -0.05) is 12.5 Å². The molecule has 0 unspecified atom stereocenters. The van der Waals surface area contributed by atoms with E-state index in [-0.39, 0.29) is 30.7 Å². The number of benzene rings is 1. The monoisotopic (exact) mass is 406 g/mol. The number of amides is 1. The molecule has 0 bridgehead atoms. The molecule has 1 aromatic carbocycles. The maximum absolute atomic E-state index is 12.5. The van der Waals surface area contributed by atoms with E-state index in [0.29, 0.717) is 13.0 Å². The van der Waals surface area contributed by atoms with Crippen LogP contribution in [0.25, 0.3) is 11.0 Å². The zero-order valence-corrected chi connectivity index (χ0v) is 17.7.